The summed E-state index contributed by atoms with van der Waals surface area (Å²) >= 11 is 0. The van der Waals surface area contributed by atoms with Gasteiger partial charge in [0, 0.05) is 37.8 Å². The Morgan fingerprint density at radius 2 is 1.74 bits per heavy atom. The Kier molecular flexibility index (Phi) is 6.82. The number of amides is 2. The number of carbonyl (C=O) groups excluding carboxylic acids is 2. The Hall–Kier alpha value is -3.47. The molecule has 4 rings (SSSR count). The predicted octanol–water partition coefficient (Wildman–Crippen LogP) is 4.63. The molecule has 2 aromatic rings. The van der Waals surface area contributed by atoms with E-state index >= 15 is 0 Å². The Morgan fingerprint density at radius 1 is 1.03 bits per heavy atom. The van der Waals surface area contributed by atoms with Crippen LogP contribution in [0.4, 0.5) is 9.59 Å². The van der Waals surface area contributed by atoms with Crippen LogP contribution in [0.3, 0.4) is 0 Å². The first-order valence-electron chi connectivity index (χ1n) is 11.8. The molecule has 0 bridgehead atoms. The zero-order chi connectivity index (χ0) is 24.3. The van der Waals surface area contributed by atoms with Crippen molar-refractivity contribution in [2.75, 3.05) is 19.6 Å². The van der Waals surface area contributed by atoms with Crippen LogP contribution in [0.1, 0.15) is 62.0 Å². The number of aromatic nitrogens is 1. The van der Waals surface area contributed by atoms with Gasteiger partial charge in [-0.2, -0.15) is 5.26 Å². The highest BCUT2D eigenvalue weighted by Crippen LogP contribution is 2.33. The van der Waals surface area contributed by atoms with Gasteiger partial charge in [-0.05, 0) is 45.2 Å². The van der Waals surface area contributed by atoms with Crippen molar-refractivity contribution in [3.63, 3.8) is 0 Å². The van der Waals surface area contributed by atoms with Gasteiger partial charge in [-0.15, -0.1) is 0 Å². The van der Waals surface area contributed by atoms with Crippen LogP contribution < -0.4 is 0 Å². The summed E-state index contributed by atoms with van der Waals surface area (Å²) in [6, 6.07) is 13.9. The molecule has 1 saturated heterocycles. The van der Waals surface area contributed by atoms with Gasteiger partial charge < -0.3 is 23.8 Å². The highest BCUT2D eigenvalue weighted by Gasteiger charge is 2.32. The predicted molar refractivity (Wildman–Crippen MR) is 126 cm³/mol. The van der Waals surface area contributed by atoms with Crippen LogP contribution in [0.5, 0.6) is 0 Å². The van der Waals surface area contributed by atoms with Crippen LogP contribution in [0.15, 0.2) is 36.4 Å². The van der Waals surface area contributed by atoms with Crippen molar-refractivity contribution in [2.24, 2.45) is 0 Å². The van der Waals surface area contributed by atoms with Crippen molar-refractivity contribution < 1.29 is 19.1 Å². The van der Waals surface area contributed by atoms with Crippen LogP contribution >= 0.6 is 0 Å². The lowest BCUT2D eigenvalue weighted by atomic mass is 9.93. The molecule has 0 unspecified atom stereocenters. The van der Waals surface area contributed by atoms with Crippen LogP contribution in [0, 0.1) is 11.3 Å². The minimum Gasteiger partial charge on any atom is -0.445 e. The second-order valence-electron chi connectivity index (χ2n) is 9.90. The Labute approximate surface area is 200 Å². The van der Waals surface area contributed by atoms with E-state index in [0.717, 1.165) is 29.8 Å². The summed E-state index contributed by atoms with van der Waals surface area (Å²) in [6.07, 6.45) is 0.979. The SMILES string of the molecule is CC(C)(C)OC(=O)N1CCn2c(C3CCN(C(=O)OCc4ccccc4)CC3)cc(C#N)c2C1. The molecule has 8 heteroatoms. The molecule has 0 radical (unpaired) electrons. The Bertz CT molecular complexity index is 1070. The van der Waals surface area contributed by atoms with Gasteiger partial charge in [-0.25, -0.2) is 9.59 Å². The molecule has 0 aliphatic carbocycles. The summed E-state index contributed by atoms with van der Waals surface area (Å²) in [7, 11) is 0. The quantitative estimate of drug-likeness (QED) is 0.661. The molecule has 8 nitrogen and oxygen atoms in total. The molecular weight excluding hydrogens is 432 g/mol. The standard InChI is InChI=1S/C26H32N4O4/c1-26(2,3)34-25(32)29-13-14-30-22(15-21(16-27)23(30)17-29)20-9-11-28(12-10-20)24(31)33-18-19-7-5-4-6-8-19/h4-8,15,20H,9-14,17-18H2,1-3H3. The third-order valence-corrected chi connectivity index (χ3v) is 6.32. The van der Waals surface area contributed by atoms with E-state index in [-0.39, 0.29) is 24.7 Å². The summed E-state index contributed by atoms with van der Waals surface area (Å²) in [5.74, 6) is 0.257. The number of likely N-dealkylation sites (tertiary alicyclic amines) is 1. The summed E-state index contributed by atoms with van der Waals surface area (Å²) in [5, 5.41) is 9.72. The number of piperidine rings is 1. The minimum atomic E-state index is -0.560. The van der Waals surface area contributed by atoms with Crippen molar-refractivity contribution in [3.05, 3.63) is 58.9 Å². The van der Waals surface area contributed by atoms with Crippen molar-refractivity contribution >= 4 is 12.2 Å². The molecule has 0 spiro atoms. The molecule has 0 atom stereocenters. The molecule has 3 heterocycles. The zero-order valence-electron chi connectivity index (χ0n) is 20.1. The number of nitrogens with zero attached hydrogens (tertiary/aromatic N) is 4. The van der Waals surface area contributed by atoms with E-state index in [4.69, 9.17) is 9.47 Å². The molecule has 0 saturated carbocycles. The number of hydrogen-bond donors (Lipinski definition) is 0. The smallest absolute Gasteiger partial charge is 0.410 e. The maximum atomic E-state index is 12.5. The van der Waals surface area contributed by atoms with E-state index in [9.17, 15) is 14.9 Å². The van der Waals surface area contributed by atoms with E-state index in [1.54, 1.807) is 9.80 Å². The second-order valence-corrected chi connectivity index (χ2v) is 9.90. The van der Waals surface area contributed by atoms with Gasteiger partial charge in [-0.1, -0.05) is 30.3 Å². The van der Waals surface area contributed by atoms with E-state index in [1.165, 1.54) is 0 Å². The molecule has 1 aromatic carbocycles. The van der Waals surface area contributed by atoms with Crippen molar-refractivity contribution in [2.45, 2.75) is 64.8 Å². The fourth-order valence-corrected chi connectivity index (χ4v) is 4.61. The van der Waals surface area contributed by atoms with Crippen LogP contribution in [0.25, 0.3) is 0 Å². The first-order valence-corrected chi connectivity index (χ1v) is 11.8. The highest BCUT2D eigenvalue weighted by atomic mass is 16.6. The van der Waals surface area contributed by atoms with Gasteiger partial charge in [0.05, 0.1) is 17.8 Å². The largest absolute Gasteiger partial charge is 0.445 e. The lowest BCUT2D eigenvalue weighted by Gasteiger charge is -2.34. The number of nitriles is 1. The number of rotatable bonds is 3. The third-order valence-electron chi connectivity index (χ3n) is 6.32. The molecule has 34 heavy (non-hydrogen) atoms. The molecular formula is C26H32N4O4. The van der Waals surface area contributed by atoms with E-state index in [1.807, 2.05) is 57.2 Å². The number of carbonyl (C=O) groups is 2. The van der Waals surface area contributed by atoms with Gasteiger partial charge in [0.2, 0.25) is 0 Å². The van der Waals surface area contributed by atoms with Crippen LogP contribution in [-0.4, -0.2) is 51.8 Å². The van der Waals surface area contributed by atoms with E-state index < -0.39 is 5.60 Å². The molecule has 2 aliphatic heterocycles. The normalized spacial score (nSPS) is 16.5. The Morgan fingerprint density at radius 3 is 2.38 bits per heavy atom. The fourth-order valence-electron chi connectivity index (χ4n) is 4.61. The van der Waals surface area contributed by atoms with Crippen LogP contribution in [0.2, 0.25) is 0 Å². The van der Waals surface area contributed by atoms with Gasteiger partial charge >= 0.3 is 12.2 Å². The van der Waals surface area contributed by atoms with Gasteiger partial charge in [0.25, 0.3) is 0 Å². The number of ether oxygens (including phenoxy) is 2. The van der Waals surface area contributed by atoms with Gasteiger partial charge in [0.1, 0.15) is 18.3 Å². The minimum absolute atomic E-state index is 0.257. The average Bonchev–Trinajstić information content (AvgIpc) is 3.20. The lowest BCUT2D eigenvalue weighted by molar-refractivity contribution is 0.0197. The lowest BCUT2D eigenvalue weighted by Crippen LogP contribution is -2.42. The molecule has 180 valence electrons. The van der Waals surface area contributed by atoms with Gasteiger partial charge in [0.15, 0.2) is 0 Å². The molecule has 1 aromatic heterocycles. The second kappa shape index (κ2) is 9.80. The van der Waals surface area contributed by atoms with Crippen molar-refractivity contribution in [1.82, 2.24) is 14.4 Å². The first kappa shape index (κ1) is 23.7. The topological polar surface area (TPSA) is 87.8 Å². The first-order chi connectivity index (χ1) is 16.2. The zero-order valence-corrected chi connectivity index (χ0v) is 20.1. The van der Waals surface area contributed by atoms with Gasteiger partial charge in [-0.3, -0.25) is 0 Å². The molecule has 2 amide bonds. The van der Waals surface area contributed by atoms with Crippen LogP contribution in [-0.2, 0) is 29.2 Å². The fraction of sp³-hybridized carbons (Fsp3) is 0.500. The summed E-state index contributed by atoms with van der Waals surface area (Å²) in [5.41, 5.74) is 2.99. The maximum Gasteiger partial charge on any atom is 0.410 e. The average molecular weight is 465 g/mol. The monoisotopic (exact) mass is 464 g/mol. The van der Waals surface area contributed by atoms with E-state index in [2.05, 4.69) is 10.6 Å². The number of fused-ring (bicyclic) bond motifs is 1. The van der Waals surface area contributed by atoms with Crippen molar-refractivity contribution in [1.29, 1.82) is 5.26 Å². The summed E-state index contributed by atoms with van der Waals surface area (Å²) < 4.78 is 13.2. The summed E-state index contributed by atoms with van der Waals surface area (Å²) in [6.45, 7) is 8.58. The summed E-state index contributed by atoms with van der Waals surface area (Å²) in [4.78, 5) is 28.5. The molecule has 0 N–H and O–H groups in total. The van der Waals surface area contributed by atoms with Crippen molar-refractivity contribution in [3.8, 4) is 6.07 Å². The Balaban J connectivity index is 1.37. The number of hydrogen-bond acceptors (Lipinski definition) is 5. The number of benzene rings is 1. The third kappa shape index (κ3) is 5.36. The molecule has 2 aliphatic rings. The molecule has 1 fully saturated rings. The maximum absolute atomic E-state index is 12.5. The highest BCUT2D eigenvalue weighted by molar-refractivity contribution is 5.69. The van der Waals surface area contributed by atoms with E-state index in [0.29, 0.717) is 38.3 Å².